The van der Waals surface area contributed by atoms with Gasteiger partial charge in [0.15, 0.2) is 0 Å². The minimum absolute atomic E-state index is 0.120. The maximum Gasteiger partial charge on any atom is 0.495 e. The van der Waals surface area contributed by atoms with Gasteiger partial charge in [0.05, 0.1) is 18.0 Å². The molecule has 2 aromatic carbocycles. The molecule has 4 rings (SSSR count). The number of alkyl halides is 3. The molecular formula is C27H23F3N4O7. The molecule has 41 heavy (non-hydrogen) atoms. The fraction of sp³-hybridized carbons (Fsp3) is 0.222. The highest BCUT2D eigenvalue weighted by atomic mass is 19.4. The van der Waals surface area contributed by atoms with E-state index in [1.54, 1.807) is 54.7 Å². The first-order chi connectivity index (χ1) is 19.6. The Hall–Kier alpha value is -5.14. The van der Waals surface area contributed by atoms with Crippen LogP contribution >= 0.6 is 0 Å². The third kappa shape index (κ3) is 7.50. The zero-order chi connectivity index (χ0) is 29.4. The van der Waals surface area contributed by atoms with Crippen molar-refractivity contribution in [3.05, 3.63) is 94.3 Å². The van der Waals surface area contributed by atoms with E-state index in [9.17, 15) is 32.9 Å². The summed E-state index contributed by atoms with van der Waals surface area (Å²) in [5.74, 6) is -3.70. The van der Waals surface area contributed by atoms with Crippen LogP contribution in [0.4, 0.5) is 24.7 Å². The fourth-order valence-electron chi connectivity index (χ4n) is 4.08. The summed E-state index contributed by atoms with van der Waals surface area (Å²) in [6, 6.07) is 16.9. The number of aromatic amines is 1. The highest BCUT2D eigenvalue weighted by Crippen LogP contribution is 2.35. The number of halogens is 3. The van der Waals surface area contributed by atoms with Crippen LogP contribution < -0.4 is 10.1 Å². The number of nitrogens with one attached hydrogen (secondary N) is 2. The average molecular weight is 572 g/mol. The summed E-state index contributed by atoms with van der Waals surface area (Å²) in [5, 5.41) is 14.7. The molecule has 0 spiro atoms. The van der Waals surface area contributed by atoms with Crippen LogP contribution in [0.15, 0.2) is 73.1 Å². The molecule has 2 N–H and O–H groups in total. The number of anilines is 1. The first-order valence-corrected chi connectivity index (χ1v) is 12.2. The molecule has 0 saturated heterocycles. The van der Waals surface area contributed by atoms with Gasteiger partial charge in [-0.1, -0.05) is 30.3 Å². The normalized spacial score (nSPS) is 12.0. The topological polar surface area (TPSA) is 146 Å². The summed E-state index contributed by atoms with van der Waals surface area (Å²) >= 11 is 0. The highest BCUT2D eigenvalue weighted by molar-refractivity contribution is 5.86. The Morgan fingerprint density at radius 3 is 2.59 bits per heavy atom. The monoisotopic (exact) mass is 572 g/mol. The Balaban J connectivity index is 1.40. The van der Waals surface area contributed by atoms with Crippen molar-refractivity contribution in [3.63, 3.8) is 0 Å². The molecule has 0 amide bonds. The van der Waals surface area contributed by atoms with Crippen molar-refractivity contribution in [2.45, 2.75) is 24.9 Å². The Labute approximate surface area is 230 Å². The van der Waals surface area contributed by atoms with Crippen molar-refractivity contribution < 1.29 is 42.2 Å². The van der Waals surface area contributed by atoms with Gasteiger partial charge in [0.2, 0.25) is 5.82 Å². The minimum atomic E-state index is -5.30. The SMILES string of the molecule is O=C(CC(c1ccccc1)c1c[nH]c2cc(OCCCNc3ncccc3[N+](=O)[O-])ccc12)OOC(=O)C(F)(F)F. The number of ether oxygens (including phenoxy) is 1. The van der Waals surface area contributed by atoms with Crippen molar-refractivity contribution in [3.8, 4) is 5.75 Å². The van der Waals surface area contributed by atoms with E-state index in [-0.39, 0.29) is 11.5 Å². The standard InChI is InChI=1S/C27H23F3N4O7/c28-27(29,30)26(36)41-40-24(35)15-20(17-6-2-1-3-7-17)21-16-33-22-14-18(9-10-19(21)22)39-13-5-12-32-25-23(34(37)38)8-4-11-31-25/h1-4,6-11,14,16,20,33H,5,12-13,15H2,(H,31,32). The molecular weight excluding hydrogens is 549 g/mol. The van der Waals surface area contributed by atoms with Crippen molar-refractivity contribution in [2.75, 3.05) is 18.5 Å². The summed E-state index contributed by atoms with van der Waals surface area (Å²) in [6.07, 6.45) is -2.04. The number of hydrogen-bond acceptors (Lipinski definition) is 9. The van der Waals surface area contributed by atoms with Gasteiger partial charge in [0.25, 0.3) is 0 Å². The lowest BCUT2D eigenvalue weighted by atomic mass is 9.88. The second kappa shape index (κ2) is 12.8. The van der Waals surface area contributed by atoms with Gasteiger partial charge in [-0.05, 0) is 35.7 Å². The molecule has 1 unspecified atom stereocenters. The van der Waals surface area contributed by atoms with Crippen LogP contribution in [0.2, 0.25) is 0 Å². The van der Waals surface area contributed by atoms with Gasteiger partial charge in [-0.3, -0.25) is 10.1 Å². The van der Waals surface area contributed by atoms with Crippen LogP contribution in [0, 0.1) is 10.1 Å². The molecule has 0 aliphatic rings. The third-order valence-electron chi connectivity index (χ3n) is 5.94. The first-order valence-electron chi connectivity index (χ1n) is 12.2. The molecule has 2 aromatic heterocycles. The van der Waals surface area contributed by atoms with Gasteiger partial charge in [-0.2, -0.15) is 13.2 Å². The van der Waals surface area contributed by atoms with Crippen molar-refractivity contribution in [1.29, 1.82) is 0 Å². The minimum Gasteiger partial charge on any atom is -0.493 e. The highest BCUT2D eigenvalue weighted by Gasteiger charge is 2.43. The quantitative estimate of drug-likeness (QED) is 0.104. The van der Waals surface area contributed by atoms with Crippen molar-refractivity contribution in [2.24, 2.45) is 0 Å². The Kier molecular flexibility index (Phi) is 9.02. The lowest BCUT2D eigenvalue weighted by molar-refractivity contribution is -0.384. The molecule has 0 aliphatic carbocycles. The van der Waals surface area contributed by atoms with Gasteiger partial charge < -0.3 is 15.0 Å². The number of pyridine rings is 1. The number of fused-ring (bicyclic) bond motifs is 1. The summed E-state index contributed by atoms with van der Waals surface area (Å²) in [4.78, 5) is 48.7. The second-order valence-electron chi connectivity index (χ2n) is 8.70. The number of carbonyl (C=O) groups excluding carboxylic acids is 2. The van der Waals surface area contributed by atoms with Crippen LogP contribution in [0.1, 0.15) is 29.9 Å². The number of carbonyl (C=O) groups is 2. The number of nitro groups is 1. The molecule has 0 saturated carbocycles. The largest absolute Gasteiger partial charge is 0.495 e. The lowest BCUT2D eigenvalue weighted by Crippen LogP contribution is -2.27. The summed E-state index contributed by atoms with van der Waals surface area (Å²) in [6.45, 7) is 0.696. The van der Waals surface area contributed by atoms with E-state index in [4.69, 9.17) is 4.74 Å². The Morgan fingerprint density at radius 2 is 1.85 bits per heavy atom. The fourth-order valence-corrected chi connectivity index (χ4v) is 4.08. The molecule has 0 aliphatic heterocycles. The van der Waals surface area contributed by atoms with Gasteiger partial charge in [0.1, 0.15) is 5.75 Å². The van der Waals surface area contributed by atoms with Crippen molar-refractivity contribution >= 4 is 34.3 Å². The Bertz CT molecular complexity index is 1530. The number of aromatic nitrogens is 2. The summed E-state index contributed by atoms with van der Waals surface area (Å²) in [5.41, 5.74) is 1.91. The molecule has 0 radical (unpaired) electrons. The van der Waals surface area contributed by atoms with E-state index < -0.39 is 35.4 Å². The number of benzene rings is 2. The number of hydrogen-bond donors (Lipinski definition) is 2. The third-order valence-corrected chi connectivity index (χ3v) is 5.94. The second-order valence-corrected chi connectivity index (χ2v) is 8.70. The van der Waals surface area contributed by atoms with Crippen LogP contribution in [0.25, 0.3) is 10.9 Å². The smallest absolute Gasteiger partial charge is 0.493 e. The van der Waals surface area contributed by atoms with Gasteiger partial charge in [-0.25, -0.2) is 24.3 Å². The van der Waals surface area contributed by atoms with E-state index in [2.05, 4.69) is 25.1 Å². The predicted molar refractivity (Wildman–Crippen MR) is 139 cm³/mol. The van der Waals surface area contributed by atoms with Crippen LogP contribution in [0.3, 0.4) is 0 Å². The van der Waals surface area contributed by atoms with E-state index in [0.29, 0.717) is 42.0 Å². The van der Waals surface area contributed by atoms with E-state index >= 15 is 0 Å². The first kappa shape index (κ1) is 28.9. The zero-order valence-corrected chi connectivity index (χ0v) is 21.2. The molecule has 14 heteroatoms. The summed E-state index contributed by atoms with van der Waals surface area (Å²) in [7, 11) is 0. The van der Waals surface area contributed by atoms with E-state index in [1.807, 2.05) is 0 Å². The van der Waals surface area contributed by atoms with Gasteiger partial charge in [0, 0.05) is 47.9 Å². The maximum absolute atomic E-state index is 12.4. The lowest BCUT2D eigenvalue weighted by Gasteiger charge is -2.16. The molecule has 1 atom stereocenters. The molecule has 214 valence electrons. The van der Waals surface area contributed by atoms with E-state index in [0.717, 1.165) is 5.39 Å². The van der Waals surface area contributed by atoms with Crippen LogP contribution in [0.5, 0.6) is 5.75 Å². The molecule has 2 heterocycles. The molecule has 4 aromatic rings. The number of H-pyrrole nitrogens is 1. The molecule has 11 nitrogen and oxygen atoms in total. The van der Waals surface area contributed by atoms with Gasteiger partial charge >= 0.3 is 23.8 Å². The molecule has 0 bridgehead atoms. The zero-order valence-electron chi connectivity index (χ0n) is 21.2. The molecule has 0 fully saturated rings. The average Bonchev–Trinajstić information content (AvgIpc) is 3.37. The van der Waals surface area contributed by atoms with Crippen molar-refractivity contribution in [1.82, 2.24) is 9.97 Å². The summed E-state index contributed by atoms with van der Waals surface area (Å²) < 4.78 is 42.9. The van der Waals surface area contributed by atoms with Crippen LogP contribution in [-0.2, 0) is 19.4 Å². The maximum atomic E-state index is 12.4. The predicted octanol–water partition coefficient (Wildman–Crippen LogP) is 5.44. The Morgan fingerprint density at radius 1 is 1.07 bits per heavy atom. The van der Waals surface area contributed by atoms with Crippen LogP contribution in [-0.4, -0.2) is 46.2 Å². The van der Waals surface area contributed by atoms with Gasteiger partial charge in [-0.15, -0.1) is 0 Å². The van der Waals surface area contributed by atoms with E-state index in [1.165, 1.54) is 18.3 Å². The number of rotatable bonds is 11. The number of nitrogens with zero attached hydrogens (tertiary/aromatic N) is 2.